The predicted molar refractivity (Wildman–Crippen MR) is 102 cm³/mol. The van der Waals surface area contributed by atoms with Crippen molar-refractivity contribution in [2.24, 2.45) is 0 Å². The fourth-order valence-electron chi connectivity index (χ4n) is 3.92. The van der Waals surface area contributed by atoms with E-state index in [4.69, 9.17) is 10.5 Å². The third-order valence-corrected chi connectivity index (χ3v) is 6.91. The summed E-state index contributed by atoms with van der Waals surface area (Å²) in [5, 5.41) is 2.61. The van der Waals surface area contributed by atoms with E-state index in [-0.39, 0.29) is 18.1 Å². The normalized spacial score (nSPS) is 23.4. The van der Waals surface area contributed by atoms with Crippen LogP contribution in [-0.4, -0.2) is 41.1 Å². The van der Waals surface area contributed by atoms with Gasteiger partial charge in [0.05, 0.1) is 29.3 Å². The molecule has 2 aromatic rings. The SMILES string of the molecule is Nc1nc(-c2cccs2)c(CCC(=O)N2CCOC3CCCCC32)s1. The van der Waals surface area contributed by atoms with Crippen LogP contribution in [0, 0.1) is 0 Å². The Hall–Kier alpha value is -1.44. The minimum Gasteiger partial charge on any atom is -0.375 e. The third-order valence-electron chi connectivity index (χ3n) is 5.09. The van der Waals surface area contributed by atoms with Crippen LogP contribution in [0.5, 0.6) is 0 Å². The van der Waals surface area contributed by atoms with Crippen molar-refractivity contribution in [3.05, 3.63) is 22.4 Å². The molecule has 2 aromatic heterocycles. The Balaban J connectivity index is 1.44. The maximum Gasteiger partial charge on any atom is 0.223 e. The molecule has 1 saturated carbocycles. The molecule has 0 aromatic carbocycles. The highest BCUT2D eigenvalue weighted by atomic mass is 32.1. The number of ether oxygens (including phenoxy) is 1. The van der Waals surface area contributed by atoms with Gasteiger partial charge in [0.2, 0.25) is 5.91 Å². The Morgan fingerprint density at radius 1 is 1.40 bits per heavy atom. The van der Waals surface area contributed by atoms with Gasteiger partial charge in [-0.1, -0.05) is 18.9 Å². The number of fused-ring (bicyclic) bond motifs is 1. The Kier molecular flexibility index (Phi) is 5.05. The molecule has 7 heteroatoms. The van der Waals surface area contributed by atoms with Crippen molar-refractivity contribution in [2.45, 2.75) is 50.7 Å². The number of thiophene rings is 1. The molecule has 0 spiro atoms. The number of aryl methyl sites for hydroxylation is 1. The maximum absolute atomic E-state index is 12.9. The number of hydrogen-bond acceptors (Lipinski definition) is 6. The molecule has 134 valence electrons. The lowest BCUT2D eigenvalue weighted by Gasteiger charge is -2.43. The molecule has 2 aliphatic rings. The lowest BCUT2D eigenvalue weighted by Crippen LogP contribution is -2.54. The summed E-state index contributed by atoms with van der Waals surface area (Å²) in [4.78, 5) is 21.6. The summed E-state index contributed by atoms with van der Waals surface area (Å²) in [6, 6.07) is 4.35. The topological polar surface area (TPSA) is 68.5 Å². The first-order valence-electron chi connectivity index (χ1n) is 8.92. The van der Waals surface area contributed by atoms with Crippen LogP contribution in [0.15, 0.2) is 17.5 Å². The molecule has 25 heavy (non-hydrogen) atoms. The monoisotopic (exact) mass is 377 g/mol. The van der Waals surface area contributed by atoms with Crippen molar-refractivity contribution >= 4 is 33.7 Å². The number of nitrogens with two attached hydrogens (primary N) is 1. The molecular formula is C18H23N3O2S2. The van der Waals surface area contributed by atoms with E-state index in [0.717, 1.165) is 34.8 Å². The van der Waals surface area contributed by atoms with Gasteiger partial charge in [-0.3, -0.25) is 4.79 Å². The summed E-state index contributed by atoms with van der Waals surface area (Å²) in [6.45, 7) is 1.39. The van der Waals surface area contributed by atoms with Gasteiger partial charge in [-0.25, -0.2) is 4.98 Å². The highest BCUT2D eigenvalue weighted by molar-refractivity contribution is 7.17. The van der Waals surface area contributed by atoms with Crippen molar-refractivity contribution < 1.29 is 9.53 Å². The van der Waals surface area contributed by atoms with Gasteiger partial charge in [0.25, 0.3) is 0 Å². The first kappa shape index (κ1) is 17.0. The Bertz CT molecular complexity index is 727. The summed E-state index contributed by atoms with van der Waals surface area (Å²) < 4.78 is 5.88. The molecule has 0 radical (unpaired) electrons. The second-order valence-electron chi connectivity index (χ2n) is 6.65. The molecule has 5 nitrogen and oxygen atoms in total. The number of carbonyl (C=O) groups is 1. The van der Waals surface area contributed by atoms with Gasteiger partial charge >= 0.3 is 0 Å². The zero-order valence-corrected chi connectivity index (χ0v) is 15.8. The summed E-state index contributed by atoms with van der Waals surface area (Å²) in [7, 11) is 0. The van der Waals surface area contributed by atoms with Crippen LogP contribution in [0.25, 0.3) is 10.6 Å². The summed E-state index contributed by atoms with van der Waals surface area (Å²) in [5.41, 5.74) is 6.87. The minimum absolute atomic E-state index is 0.240. The number of aromatic nitrogens is 1. The van der Waals surface area contributed by atoms with E-state index in [1.807, 2.05) is 11.4 Å². The van der Waals surface area contributed by atoms with Gasteiger partial charge in [0.15, 0.2) is 5.13 Å². The van der Waals surface area contributed by atoms with E-state index >= 15 is 0 Å². The van der Waals surface area contributed by atoms with E-state index in [1.165, 1.54) is 24.2 Å². The number of thiazole rings is 1. The smallest absolute Gasteiger partial charge is 0.223 e. The van der Waals surface area contributed by atoms with E-state index in [2.05, 4.69) is 16.0 Å². The summed E-state index contributed by atoms with van der Waals surface area (Å²) in [5.74, 6) is 0.240. The van der Waals surface area contributed by atoms with Crippen LogP contribution < -0.4 is 5.73 Å². The molecule has 2 atom stereocenters. The first-order valence-corrected chi connectivity index (χ1v) is 10.6. The molecule has 1 aliphatic carbocycles. The second-order valence-corrected chi connectivity index (χ2v) is 8.71. The van der Waals surface area contributed by atoms with E-state index < -0.39 is 0 Å². The van der Waals surface area contributed by atoms with Gasteiger partial charge in [-0.2, -0.15) is 0 Å². The standard InChI is InChI=1S/C18H23N3O2S2/c19-18-20-17(14-6-3-11-24-14)15(25-18)7-8-16(22)21-9-10-23-13-5-2-1-4-12(13)21/h3,6,11-13H,1-2,4-5,7-10H2,(H2,19,20). The Morgan fingerprint density at radius 2 is 2.28 bits per heavy atom. The molecule has 2 fully saturated rings. The summed E-state index contributed by atoms with van der Waals surface area (Å²) in [6.07, 6.45) is 6.04. The van der Waals surface area contributed by atoms with Crippen LogP contribution in [0.1, 0.15) is 37.0 Å². The third kappa shape index (κ3) is 3.59. The first-order chi connectivity index (χ1) is 12.2. The molecule has 1 amide bonds. The zero-order valence-electron chi connectivity index (χ0n) is 14.1. The number of nitrogens with zero attached hydrogens (tertiary/aromatic N) is 2. The molecule has 1 aliphatic heterocycles. The molecule has 1 saturated heterocycles. The van der Waals surface area contributed by atoms with Crippen LogP contribution in [-0.2, 0) is 16.0 Å². The molecule has 2 N–H and O–H groups in total. The number of anilines is 1. The van der Waals surface area contributed by atoms with Crippen LogP contribution >= 0.6 is 22.7 Å². The average Bonchev–Trinajstić information content (AvgIpc) is 3.28. The number of amides is 1. The van der Waals surface area contributed by atoms with Crippen molar-refractivity contribution in [1.82, 2.24) is 9.88 Å². The van der Waals surface area contributed by atoms with Crippen LogP contribution in [0.2, 0.25) is 0 Å². The van der Waals surface area contributed by atoms with Gasteiger partial charge in [-0.05, 0) is 30.7 Å². The molecule has 3 heterocycles. The van der Waals surface area contributed by atoms with Crippen molar-refractivity contribution in [3.8, 4) is 10.6 Å². The highest BCUT2D eigenvalue weighted by Crippen LogP contribution is 2.34. The van der Waals surface area contributed by atoms with Gasteiger partial charge in [0, 0.05) is 17.8 Å². The zero-order chi connectivity index (χ0) is 17.2. The Labute approximate surface area is 155 Å². The lowest BCUT2D eigenvalue weighted by molar-refractivity contribution is -0.149. The number of morpholine rings is 1. The predicted octanol–water partition coefficient (Wildman–Crippen LogP) is 3.56. The minimum atomic E-state index is 0.240. The summed E-state index contributed by atoms with van der Waals surface area (Å²) >= 11 is 3.16. The largest absolute Gasteiger partial charge is 0.375 e. The van der Waals surface area contributed by atoms with E-state index in [0.29, 0.717) is 24.6 Å². The molecule has 4 rings (SSSR count). The van der Waals surface area contributed by atoms with Crippen molar-refractivity contribution in [3.63, 3.8) is 0 Å². The van der Waals surface area contributed by atoms with Crippen LogP contribution in [0.3, 0.4) is 0 Å². The van der Waals surface area contributed by atoms with Crippen LogP contribution in [0.4, 0.5) is 5.13 Å². The Morgan fingerprint density at radius 3 is 3.12 bits per heavy atom. The van der Waals surface area contributed by atoms with Crippen molar-refractivity contribution in [1.29, 1.82) is 0 Å². The molecular weight excluding hydrogens is 354 g/mol. The maximum atomic E-state index is 12.9. The van der Waals surface area contributed by atoms with Gasteiger partial charge in [-0.15, -0.1) is 22.7 Å². The lowest BCUT2D eigenvalue weighted by atomic mass is 9.90. The van der Waals surface area contributed by atoms with E-state index in [9.17, 15) is 4.79 Å². The van der Waals surface area contributed by atoms with Crippen molar-refractivity contribution in [2.75, 3.05) is 18.9 Å². The van der Waals surface area contributed by atoms with E-state index in [1.54, 1.807) is 11.3 Å². The number of hydrogen-bond donors (Lipinski definition) is 1. The molecule has 0 bridgehead atoms. The number of nitrogen functional groups attached to an aromatic ring is 1. The number of carbonyl (C=O) groups excluding carboxylic acids is 1. The second kappa shape index (κ2) is 7.43. The fourth-order valence-corrected chi connectivity index (χ4v) is 5.57. The quantitative estimate of drug-likeness (QED) is 0.885. The fraction of sp³-hybridized carbons (Fsp3) is 0.556. The molecule has 2 unspecified atom stereocenters. The highest BCUT2D eigenvalue weighted by Gasteiger charge is 2.36. The van der Waals surface area contributed by atoms with Gasteiger partial charge in [0.1, 0.15) is 0 Å². The van der Waals surface area contributed by atoms with Gasteiger partial charge < -0.3 is 15.4 Å². The average molecular weight is 378 g/mol. The number of rotatable bonds is 4.